The van der Waals surface area contributed by atoms with Crippen molar-refractivity contribution in [1.82, 2.24) is 29.7 Å². The zero-order chi connectivity index (χ0) is 34.0. The lowest BCUT2D eigenvalue weighted by Crippen LogP contribution is -2.56. The third-order valence-corrected chi connectivity index (χ3v) is 9.57. The smallest absolute Gasteiger partial charge is 0.419 e. The lowest BCUT2D eigenvalue weighted by molar-refractivity contribution is -0.137. The number of nitriles is 1. The number of carbonyl (C=O) groups excluding carboxylic acids is 1. The third kappa shape index (κ3) is 6.88. The molecule has 3 aromatic rings. The minimum absolute atomic E-state index is 0.0129. The number of benzene rings is 1. The predicted molar refractivity (Wildman–Crippen MR) is 173 cm³/mol. The summed E-state index contributed by atoms with van der Waals surface area (Å²) >= 11 is 6.06. The first-order valence-electron chi connectivity index (χ1n) is 15.8. The number of amides is 1. The molecule has 0 N–H and O–H groups in total. The van der Waals surface area contributed by atoms with Crippen molar-refractivity contribution in [2.45, 2.75) is 50.5 Å². The SMILES string of the molecule is C=C(C(=O)N1CCN(c2nc(OC[C@@H]3CCCN3C)nc3c2CCN(c2cccc(Cl)c2C(F)(F)F)C3)C[C@@H]1CC#N)c1cncnc1. The van der Waals surface area contributed by atoms with Gasteiger partial charge in [-0.1, -0.05) is 24.2 Å². The van der Waals surface area contributed by atoms with Gasteiger partial charge in [-0.3, -0.25) is 4.79 Å². The molecule has 3 aliphatic rings. The number of aromatic nitrogens is 4. The molecule has 0 aliphatic carbocycles. The molecule has 0 radical (unpaired) electrons. The number of nitrogens with zero attached hydrogens (tertiary/aromatic N) is 9. The number of rotatable bonds is 8. The maximum atomic E-state index is 14.1. The monoisotopic (exact) mass is 681 g/mol. The van der Waals surface area contributed by atoms with Crippen molar-refractivity contribution in [3.05, 3.63) is 70.9 Å². The van der Waals surface area contributed by atoms with Gasteiger partial charge in [-0.05, 0) is 45.0 Å². The first kappa shape index (κ1) is 33.4. The summed E-state index contributed by atoms with van der Waals surface area (Å²) in [6.07, 6.45) is 2.25. The molecule has 2 saturated heterocycles. The highest BCUT2D eigenvalue weighted by atomic mass is 35.5. The van der Waals surface area contributed by atoms with Crippen LogP contribution in [0.3, 0.4) is 0 Å². The number of likely N-dealkylation sites (tertiary alicyclic amines) is 1. The van der Waals surface area contributed by atoms with Crippen LogP contribution < -0.4 is 14.5 Å². The Labute approximate surface area is 281 Å². The molecule has 2 fully saturated rings. The van der Waals surface area contributed by atoms with Gasteiger partial charge in [-0.15, -0.1) is 0 Å². The van der Waals surface area contributed by atoms with E-state index in [-0.39, 0.29) is 53.8 Å². The van der Waals surface area contributed by atoms with Crippen molar-refractivity contribution in [2.24, 2.45) is 0 Å². The van der Waals surface area contributed by atoms with Crippen molar-refractivity contribution in [1.29, 1.82) is 5.26 Å². The molecule has 252 valence electrons. The first-order chi connectivity index (χ1) is 23.0. The molecule has 6 rings (SSSR count). The summed E-state index contributed by atoms with van der Waals surface area (Å²) in [5.41, 5.74) is 1.20. The maximum absolute atomic E-state index is 14.1. The molecule has 0 spiro atoms. The fraction of sp³-hybridized carbons (Fsp3) is 0.455. The number of hydrogen-bond donors (Lipinski definition) is 0. The van der Waals surface area contributed by atoms with Crippen LogP contribution in [0.2, 0.25) is 5.02 Å². The number of anilines is 2. The summed E-state index contributed by atoms with van der Waals surface area (Å²) in [7, 11) is 2.04. The van der Waals surface area contributed by atoms with Gasteiger partial charge < -0.3 is 24.3 Å². The molecule has 1 amide bonds. The Morgan fingerprint density at radius 2 is 1.92 bits per heavy atom. The molecule has 11 nitrogen and oxygen atoms in total. The van der Waals surface area contributed by atoms with Crippen LogP contribution in [0.5, 0.6) is 6.01 Å². The van der Waals surface area contributed by atoms with Crippen LogP contribution in [-0.2, 0) is 23.9 Å². The van der Waals surface area contributed by atoms with Gasteiger partial charge in [0.15, 0.2) is 0 Å². The highest BCUT2D eigenvalue weighted by Gasteiger charge is 2.39. The third-order valence-electron chi connectivity index (χ3n) is 9.25. The first-order valence-corrected chi connectivity index (χ1v) is 16.1. The lowest BCUT2D eigenvalue weighted by Gasteiger charge is -2.42. The molecule has 3 aliphatic heterocycles. The average Bonchev–Trinajstić information content (AvgIpc) is 3.50. The summed E-state index contributed by atoms with van der Waals surface area (Å²) in [5, 5.41) is 9.34. The van der Waals surface area contributed by atoms with E-state index in [1.165, 1.54) is 36.9 Å². The van der Waals surface area contributed by atoms with Crippen LogP contribution >= 0.6 is 11.6 Å². The Bertz CT molecular complexity index is 1720. The van der Waals surface area contributed by atoms with E-state index >= 15 is 0 Å². The van der Waals surface area contributed by atoms with E-state index in [1.54, 1.807) is 9.80 Å². The minimum Gasteiger partial charge on any atom is -0.462 e. The number of ether oxygens (including phenoxy) is 1. The van der Waals surface area contributed by atoms with Gasteiger partial charge in [0.05, 0.1) is 47.0 Å². The zero-order valence-corrected chi connectivity index (χ0v) is 27.2. The second-order valence-corrected chi connectivity index (χ2v) is 12.6. The molecule has 2 aromatic heterocycles. The second kappa shape index (κ2) is 13.9. The van der Waals surface area contributed by atoms with E-state index in [9.17, 15) is 23.2 Å². The van der Waals surface area contributed by atoms with Crippen molar-refractivity contribution in [2.75, 3.05) is 56.2 Å². The van der Waals surface area contributed by atoms with E-state index in [2.05, 4.69) is 27.5 Å². The highest BCUT2D eigenvalue weighted by molar-refractivity contribution is 6.31. The Hall–Kier alpha value is -4.48. The van der Waals surface area contributed by atoms with Crippen LogP contribution in [0, 0.1) is 11.3 Å². The molecular formula is C33H35ClF3N9O2. The molecular weight excluding hydrogens is 647 g/mol. The zero-order valence-electron chi connectivity index (χ0n) is 26.5. The fourth-order valence-electron chi connectivity index (χ4n) is 6.68. The Kier molecular flexibility index (Phi) is 9.70. The van der Waals surface area contributed by atoms with Gasteiger partial charge in [0.1, 0.15) is 18.8 Å². The Balaban J connectivity index is 1.31. The fourth-order valence-corrected chi connectivity index (χ4v) is 6.96. The summed E-state index contributed by atoms with van der Waals surface area (Å²) in [6, 6.07) is 6.24. The van der Waals surface area contributed by atoms with E-state index in [1.807, 2.05) is 11.9 Å². The number of halogens is 4. The summed E-state index contributed by atoms with van der Waals surface area (Å²) in [6.45, 7) is 6.67. The normalized spacial score (nSPS) is 20.0. The minimum atomic E-state index is -4.64. The lowest BCUT2D eigenvalue weighted by atomic mass is 10.0. The second-order valence-electron chi connectivity index (χ2n) is 12.2. The molecule has 1 aromatic carbocycles. The number of likely N-dealkylation sites (N-methyl/N-ethyl adjacent to an activating group) is 1. The van der Waals surface area contributed by atoms with Crippen LogP contribution in [0.1, 0.15) is 41.6 Å². The molecule has 0 saturated carbocycles. The largest absolute Gasteiger partial charge is 0.462 e. The summed E-state index contributed by atoms with van der Waals surface area (Å²) in [5.74, 6) is 0.290. The van der Waals surface area contributed by atoms with E-state index < -0.39 is 17.8 Å². The van der Waals surface area contributed by atoms with E-state index in [0.29, 0.717) is 49.7 Å². The molecule has 2 atom stereocenters. The number of fused-ring (bicyclic) bond motifs is 1. The van der Waals surface area contributed by atoms with Crippen LogP contribution in [-0.4, -0.2) is 94.1 Å². The molecule has 5 heterocycles. The van der Waals surface area contributed by atoms with Crippen LogP contribution in [0.4, 0.5) is 24.7 Å². The van der Waals surface area contributed by atoms with E-state index in [0.717, 1.165) is 24.9 Å². The van der Waals surface area contributed by atoms with E-state index in [4.69, 9.17) is 26.3 Å². The molecule has 48 heavy (non-hydrogen) atoms. The van der Waals surface area contributed by atoms with Crippen molar-refractivity contribution in [3.63, 3.8) is 0 Å². The number of carbonyl (C=O) groups is 1. The maximum Gasteiger partial charge on any atom is 0.419 e. The van der Waals surface area contributed by atoms with Crippen molar-refractivity contribution >= 4 is 34.6 Å². The molecule has 0 bridgehead atoms. The topological polar surface area (TPSA) is 115 Å². The predicted octanol–water partition coefficient (Wildman–Crippen LogP) is 4.62. The number of alkyl halides is 3. The van der Waals surface area contributed by atoms with Gasteiger partial charge in [0.25, 0.3) is 5.91 Å². The van der Waals surface area contributed by atoms with Crippen molar-refractivity contribution < 1.29 is 22.7 Å². The number of piperazine rings is 1. The summed E-state index contributed by atoms with van der Waals surface area (Å²) in [4.78, 5) is 38.6. The van der Waals surface area contributed by atoms with Gasteiger partial charge in [-0.2, -0.15) is 28.4 Å². The Morgan fingerprint density at radius 1 is 1.12 bits per heavy atom. The summed E-state index contributed by atoms with van der Waals surface area (Å²) < 4.78 is 48.5. The standard InChI is InChI=1S/C33H35ClF3N9O2/c1-21(22-15-39-20-40-16-22)31(47)46-14-13-45(17-23(46)8-10-38)30-25-9-12-44(28-7-3-6-26(34)29(28)33(35,36)37)18-27(25)41-32(42-30)48-19-24-5-4-11-43(24)2/h3,6-7,15-16,20,23-24H,1,4-5,8-9,11-14,17-19H2,2H3/t23-,24-/m0/s1. The average molecular weight is 682 g/mol. The van der Waals surface area contributed by atoms with Gasteiger partial charge in [-0.25, -0.2) is 9.97 Å². The van der Waals surface area contributed by atoms with Crippen LogP contribution in [0.25, 0.3) is 5.57 Å². The number of hydrogen-bond acceptors (Lipinski definition) is 10. The van der Waals surface area contributed by atoms with Gasteiger partial charge in [0, 0.05) is 61.3 Å². The highest BCUT2D eigenvalue weighted by Crippen LogP contribution is 2.43. The van der Waals surface area contributed by atoms with Gasteiger partial charge in [0.2, 0.25) is 0 Å². The van der Waals surface area contributed by atoms with Gasteiger partial charge >= 0.3 is 12.2 Å². The quantitative estimate of drug-likeness (QED) is 0.312. The molecule has 0 unspecified atom stereocenters. The Morgan fingerprint density at radius 3 is 2.62 bits per heavy atom. The van der Waals surface area contributed by atoms with Crippen molar-refractivity contribution in [3.8, 4) is 12.1 Å². The van der Waals surface area contributed by atoms with Crippen LogP contribution in [0.15, 0.2) is 43.5 Å². The molecule has 15 heteroatoms.